The number of hydrogen-bond donors (Lipinski definition) is 2. The second-order valence-corrected chi connectivity index (χ2v) is 5.30. The lowest BCUT2D eigenvalue weighted by atomic mass is 10.2. The van der Waals surface area contributed by atoms with Gasteiger partial charge in [0.1, 0.15) is 12.1 Å². The van der Waals surface area contributed by atoms with Gasteiger partial charge >= 0.3 is 0 Å². The van der Waals surface area contributed by atoms with Crippen LogP contribution in [-0.4, -0.2) is 29.7 Å². The third-order valence-corrected chi connectivity index (χ3v) is 3.47. The number of hydrogen-bond acceptors (Lipinski definition) is 5. The van der Waals surface area contributed by atoms with Crippen molar-refractivity contribution in [3.05, 3.63) is 24.5 Å². The van der Waals surface area contributed by atoms with Gasteiger partial charge in [-0.25, -0.2) is 9.97 Å². The lowest BCUT2D eigenvalue weighted by molar-refractivity contribution is 0.124. The number of nitrogens with zero attached hydrogens (tertiary/aromatic N) is 2. The van der Waals surface area contributed by atoms with E-state index in [1.165, 1.54) is 12.8 Å². The van der Waals surface area contributed by atoms with Crippen molar-refractivity contribution < 1.29 is 4.74 Å². The Balaban J connectivity index is 1.52. The summed E-state index contributed by atoms with van der Waals surface area (Å²) in [6.45, 7) is 2.56. The van der Waals surface area contributed by atoms with E-state index in [9.17, 15) is 0 Å². The first-order valence-electron chi connectivity index (χ1n) is 7.15. The number of anilines is 2. The van der Waals surface area contributed by atoms with E-state index in [2.05, 4.69) is 15.3 Å². The topological polar surface area (TPSA) is 73.1 Å². The van der Waals surface area contributed by atoms with Crippen molar-refractivity contribution in [1.82, 2.24) is 9.97 Å². The van der Waals surface area contributed by atoms with Gasteiger partial charge in [0.2, 0.25) is 0 Å². The molecule has 3 rings (SSSR count). The highest BCUT2D eigenvalue weighted by Gasteiger charge is 2.20. The molecule has 0 saturated heterocycles. The van der Waals surface area contributed by atoms with Gasteiger partial charge in [-0.15, -0.1) is 0 Å². The molecule has 5 heteroatoms. The summed E-state index contributed by atoms with van der Waals surface area (Å²) in [5, 5.41) is 4.30. The summed E-state index contributed by atoms with van der Waals surface area (Å²) in [6, 6.07) is 5.67. The van der Waals surface area contributed by atoms with Gasteiger partial charge in [-0.05, 0) is 43.4 Å². The molecular formula is C15H20N4O. The van der Waals surface area contributed by atoms with E-state index in [-0.39, 0.29) is 0 Å². The van der Waals surface area contributed by atoms with Crippen LogP contribution in [0, 0.1) is 5.92 Å². The molecule has 1 aliphatic carbocycles. The Hall–Kier alpha value is -1.88. The van der Waals surface area contributed by atoms with Gasteiger partial charge in [-0.1, -0.05) is 0 Å². The number of nitrogens with two attached hydrogens (primary N) is 1. The van der Waals surface area contributed by atoms with Crippen LogP contribution < -0.4 is 11.1 Å². The van der Waals surface area contributed by atoms with Crippen molar-refractivity contribution in [3.8, 4) is 0 Å². The zero-order chi connectivity index (χ0) is 13.8. The van der Waals surface area contributed by atoms with E-state index in [4.69, 9.17) is 10.5 Å². The Morgan fingerprint density at radius 2 is 2.20 bits per heavy atom. The molecule has 0 aliphatic heterocycles. The Morgan fingerprint density at radius 1 is 1.30 bits per heavy atom. The van der Waals surface area contributed by atoms with Crippen molar-refractivity contribution in [2.75, 3.05) is 30.8 Å². The summed E-state index contributed by atoms with van der Waals surface area (Å²) in [4.78, 5) is 8.52. The molecule has 1 heterocycles. The smallest absolute Gasteiger partial charge is 0.137 e. The van der Waals surface area contributed by atoms with Crippen LogP contribution in [-0.2, 0) is 4.74 Å². The normalized spacial score (nSPS) is 14.6. The van der Waals surface area contributed by atoms with Crippen LogP contribution in [0.1, 0.15) is 19.3 Å². The van der Waals surface area contributed by atoms with E-state index in [1.54, 1.807) is 6.33 Å². The predicted octanol–water partition coefficient (Wildman–Crippen LogP) is 2.44. The van der Waals surface area contributed by atoms with Gasteiger partial charge in [-0.2, -0.15) is 0 Å². The Labute approximate surface area is 118 Å². The molecule has 1 aromatic heterocycles. The molecule has 0 unspecified atom stereocenters. The molecule has 3 N–H and O–H groups in total. The van der Waals surface area contributed by atoms with Crippen LogP contribution in [0.3, 0.4) is 0 Å². The van der Waals surface area contributed by atoms with E-state index < -0.39 is 0 Å². The zero-order valence-electron chi connectivity index (χ0n) is 11.5. The molecule has 0 atom stereocenters. The Bertz CT molecular complexity index is 583. The van der Waals surface area contributed by atoms with Gasteiger partial charge in [0.15, 0.2) is 0 Å². The first-order valence-corrected chi connectivity index (χ1v) is 7.15. The monoisotopic (exact) mass is 272 g/mol. The number of ether oxygens (including phenoxy) is 1. The maximum absolute atomic E-state index is 5.82. The number of aromatic nitrogens is 2. The van der Waals surface area contributed by atoms with Crippen molar-refractivity contribution in [2.24, 2.45) is 5.92 Å². The Kier molecular flexibility index (Phi) is 3.97. The molecule has 0 spiro atoms. The van der Waals surface area contributed by atoms with Crippen LogP contribution in [0.2, 0.25) is 0 Å². The minimum Gasteiger partial charge on any atom is -0.399 e. The molecular weight excluding hydrogens is 252 g/mol. The molecule has 1 fully saturated rings. The number of rotatable bonds is 7. The van der Waals surface area contributed by atoms with Crippen molar-refractivity contribution in [2.45, 2.75) is 19.3 Å². The molecule has 0 amide bonds. The highest BCUT2D eigenvalue weighted by molar-refractivity contribution is 5.91. The van der Waals surface area contributed by atoms with Crippen molar-refractivity contribution in [3.63, 3.8) is 0 Å². The lowest BCUT2D eigenvalue weighted by Gasteiger charge is -2.09. The highest BCUT2D eigenvalue weighted by Crippen LogP contribution is 2.28. The third kappa shape index (κ3) is 3.36. The number of nitrogens with one attached hydrogen (secondary N) is 1. The molecule has 106 valence electrons. The first-order chi connectivity index (χ1) is 9.83. The highest BCUT2D eigenvalue weighted by atomic mass is 16.5. The summed E-state index contributed by atoms with van der Waals surface area (Å²) in [5.74, 6) is 1.67. The van der Waals surface area contributed by atoms with Crippen LogP contribution in [0.5, 0.6) is 0 Å². The molecule has 0 bridgehead atoms. The summed E-state index contributed by atoms with van der Waals surface area (Å²) < 4.78 is 5.61. The van der Waals surface area contributed by atoms with Crippen LogP contribution in [0.15, 0.2) is 24.5 Å². The minimum atomic E-state index is 0.725. The fourth-order valence-corrected chi connectivity index (χ4v) is 2.13. The van der Waals surface area contributed by atoms with E-state index in [0.29, 0.717) is 0 Å². The average molecular weight is 272 g/mol. The van der Waals surface area contributed by atoms with Crippen LogP contribution in [0.25, 0.3) is 10.9 Å². The second-order valence-electron chi connectivity index (χ2n) is 5.30. The maximum Gasteiger partial charge on any atom is 0.137 e. The third-order valence-electron chi connectivity index (χ3n) is 3.47. The zero-order valence-corrected chi connectivity index (χ0v) is 11.5. The molecule has 5 nitrogen and oxygen atoms in total. The molecule has 1 saturated carbocycles. The summed E-state index contributed by atoms with van der Waals surface area (Å²) in [7, 11) is 0. The van der Waals surface area contributed by atoms with Gasteiger partial charge in [0.05, 0.1) is 5.52 Å². The largest absolute Gasteiger partial charge is 0.399 e. The first kappa shape index (κ1) is 13.1. The van der Waals surface area contributed by atoms with E-state index >= 15 is 0 Å². The van der Waals surface area contributed by atoms with E-state index in [1.807, 2.05) is 18.2 Å². The van der Waals surface area contributed by atoms with Crippen molar-refractivity contribution in [1.29, 1.82) is 0 Å². The van der Waals surface area contributed by atoms with Crippen LogP contribution >= 0.6 is 0 Å². The molecule has 1 aliphatic rings. The average Bonchev–Trinajstić information content (AvgIpc) is 3.27. The van der Waals surface area contributed by atoms with Crippen molar-refractivity contribution >= 4 is 22.4 Å². The van der Waals surface area contributed by atoms with Gasteiger partial charge in [0.25, 0.3) is 0 Å². The molecule has 1 aromatic carbocycles. The maximum atomic E-state index is 5.82. The van der Waals surface area contributed by atoms with E-state index in [0.717, 1.165) is 54.5 Å². The lowest BCUT2D eigenvalue weighted by Crippen LogP contribution is -2.08. The SMILES string of the molecule is Nc1ccc2ncnc(NCCCOCC3CC3)c2c1. The molecule has 0 radical (unpaired) electrons. The number of benzene rings is 1. The summed E-state index contributed by atoms with van der Waals surface area (Å²) in [5.41, 5.74) is 7.45. The standard InChI is InChI=1S/C15H20N4O/c16-12-4-5-14-13(8-12)15(19-10-18-14)17-6-1-7-20-9-11-2-3-11/h4-5,8,10-11H,1-3,6-7,9,16H2,(H,17,18,19). The Morgan fingerprint density at radius 3 is 3.05 bits per heavy atom. The quantitative estimate of drug-likeness (QED) is 0.598. The fraction of sp³-hybridized carbons (Fsp3) is 0.467. The molecule has 20 heavy (non-hydrogen) atoms. The summed E-state index contributed by atoms with van der Waals surface area (Å²) in [6.07, 6.45) is 5.23. The predicted molar refractivity (Wildman–Crippen MR) is 80.6 cm³/mol. The fourth-order valence-electron chi connectivity index (χ4n) is 2.13. The van der Waals surface area contributed by atoms with Gasteiger partial charge < -0.3 is 15.8 Å². The number of fused-ring (bicyclic) bond motifs is 1. The number of nitrogen functional groups attached to an aromatic ring is 1. The molecule has 2 aromatic rings. The second kappa shape index (κ2) is 6.05. The van der Waals surface area contributed by atoms with Gasteiger partial charge in [0, 0.05) is 30.8 Å². The summed E-state index contributed by atoms with van der Waals surface area (Å²) >= 11 is 0. The minimum absolute atomic E-state index is 0.725. The van der Waals surface area contributed by atoms with Crippen LogP contribution in [0.4, 0.5) is 11.5 Å². The van der Waals surface area contributed by atoms with Gasteiger partial charge in [-0.3, -0.25) is 0 Å².